The lowest BCUT2D eigenvalue weighted by Gasteiger charge is -2.39. The van der Waals surface area contributed by atoms with E-state index in [2.05, 4.69) is 33.2 Å². The highest BCUT2D eigenvalue weighted by Crippen LogP contribution is 2.43. The van der Waals surface area contributed by atoms with Crippen LogP contribution in [0.3, 0.4) is 0 Å². The summed E-state index contributed by atoms with van der Waals surface area (Å²) in [5.41, 5.74) is 0.821. The lowest BCUT2D eigenvalue weighted by atomic mass is 9.78. The first-order chi connectivity index (χ1) is 11.6. The minimum atomic E-state index is -0.199. The van der Waals surface area contributed by atoms with E-state index in [4.69, 9.17) is 4.98 Å². The van der Waals surface area contributed by atoms with Gasteiger partial charge in [-0.25, -0.2) is 9.97 Å². The Morgan fingerprint density at radius 3 is 3.00 bits per heavy atom. The van der Waals surface area contributed by atoms with Crippen LogP contribution in [0.25, 0.3) is 10.2 Å². The second kappa shape index (κ2) is 5.99. The fourth-order valence-electron chi connectivity index (χ4n) is 4.24. The van der Waals surface area contributed by atoms with Gasteiger partial charge in [0.15, 0.2) is 0 Å². The number of carbonyl (C=O) groups excluding carboxylic acids is 1. The summed E-state index contributed by atoms with van der Waals surface area (Å²) in [6.45, 7) is 7.62. The third kappa shape index (κ3) is 2.48. The molecule has 0 bridgehead atoms. The molecule has 2 aliphatic rings. The summed E-state index contributed by atoms with van der Waals surface area (Å²) in [5.74, 6) is 2.19. The normalized spacial score (nSPS) is 24.5. The van der Waals surface area contributed by atoms with Crippen molar-refractivity contribution in [2.45, 2.75) is 39.5 Å². The van der Waals surface area contributed by atoms with Crippen LogP contribution in [0.4, 0.5) is 5.82 Å². The molecule has 0 aliphatic carbocycles. The maximum absolute atomic E-state index is 13.1. The molecule has 4 rings (SSSR count). The van der Waals surface area contributed by atoms with Crippen molar-refractivity contribution in [1.29, 1.82) is 0 Å². The van der Waals surface area contributed by atoms with Gasteiger partial charge in [-0.05, 0) is 44.1 Å². The summed E-state index contributed by atoms with van der Waals surface area (Å²) < 4.78 is 1.14. The van der Waals surface area contributed by atoms with Gasteiger partial charge in [-0.3, -0.25) is 4.79 Å². The molecule has 0 radical (unpaired) electrons. The number of carbonyl (C=O) groups is 1. The molecule has 1 atom stereocenters. The molecule has 4 heterocycles. The average molecular weight is 344 g/mol. The predicted octanol–water partition coefficient (Wildman–Crippen LogP) is 3.23. The molecule has 2 aromatic rings. The molecule has 2 fully saturated rings. The Hall–Kier alpha value is -1.69. The highest BCUT2D eigenvalue weighted by molar-refractivity contribution is 7.17. The van der Waals surface area contributed by atoms with Gasteiger partial charge in [0.2, 0.25) is 5.91 Å². The van der Waals surface area contributed by atoms with Crippen LogP contribution in [0.15, 0.2) is 11.4 Å². The fourth-order valence-corrected chi connectivity index (χ4v) is 5.09. The van der Waals surface area contributed by atoms with E-state index in [0.717, 1.165) is 73.7 Å². The molecule has 1 amide bonds. The molecular formula is C18H24N4OS. The van der Waals surface area contributed by atoms with Crippen molar-refractivity contribution >= 4 is 33.3 Å². The highest BCUT2D eigenvalue weighted by atomic mass is 32.1. The smallest absolute Gasteiger partial charge is 0.230 e. The maximum Gasteiger partial charge on any atom is 0.230 e. The molecule has 1 unspecified atom stereocenters. The van der Waals surface area contributed by atoms with E-state index in [-0.39, 0.29) is 5.41 Å². The third-order valence-corrected chi connectivity index (χ3v) is 6.27. The summed E-state index contributed by atoms with van der Waals surface area (Å²) in [6.07, 6.45) is 4.12. The van der Waals surface area contributed by atoms with Gasteiger partial charge in [-0.15, -0.1) is 11.3 Å². The van der Waals surface area contributed by atoms with Crippen molar-refractivity contribution < 1.29 is 4.79 Å². The van der Waals surface area contributed by atoms with E-state index in [1.807, 2.05) is 6.92 Å². The van der Waals surface area contributed by atoms with Gasteiger partial charge in [0.05, 0.1) is 15.6 Å². The van der Waals surface area contributed by atoms with Crippen LogP contribution >= 0.6 is 11.3 Å². The first kappa shape index (κ1) is 15.8. The Kier molecular flexibility index (Phi) is 3.95. The van der Waals surface area contributed by atoms with Crippen LogP contribution in [-0.4, -0.2) is 47.0 Å². The number of likely N-dealkylation sites (tertiary alicyclic amines) is 1. The summed E-state index contributed by atoms with van der Waals surface area (Å²) >= 11 is 1.69. The zero-order chi connectivity index (χ0) is 16.7. The highest BCUT2D eigenvalue weighted by Gasteiger charge is 2.48. The molecule has 0 N–H and O–H groups in total. The van der Waals surface area contributed by atoms with Crippen molar-refractivity contribution in [1.82, 2.24) is 14.9 Å². The summed E-state index contributed by atoms with van der Waals surface area (Å²) in [6, 6.07) is 2.05. The Labute approximate surface area is 146 Å². The number of thiophene rings is 1. The van der Waals surface area contributed by atoms with E-state index in [1.54, 1.807) is 11.3 Å². The number of aryl methyl sites for hydroxylation is 1. The molecule has 0 aromatic carbocycles. The quantitative estimate of drug-likeness (QED) is 0.858. The largest absolute Gasteiger partial charge is 0.354 e. The minimum Gasteiger partial charge on any atom is -0.354 e. The Morgan fingerprint density at radius 2 is 2.17 bits per heavy atom. The van der Waals surface area contributed by atoms with E-state index in [0.29, 0.717) is 5.91 Å². The molecule has 24 heavy (non-hydrogen) atoms. The maximum atomic E-state index is 13.1. The number of rotatable bonds is 3. The van der Waals surface area contributed by atoms with Crippen LogP contribution in [0, 0.1) is 12.3 Å². The molecule has 2 aromatic heterocycles. The number of anilines is 1. The van der Waals surface area contributed by atoms with Crippen molar-refractivity contribution in [3.63, 3.8) is 0 Å². The van der Waals surface area contributed by atoms with Gasteiger partial charge in [0, 0.05) is 26.2 Å². The minimum absolute atomic E-state index is 0.199. The van der Waals surface area contributed by atoms with Crippen LogP contribution in [0.1, 0.15) is 38.4 Å². The Morgan fingerprint density at radius 1 is 1.29 bits per heavy atom. The van der Waals surface area contributed by atoms with Crippen LogP contribution in [-0.2, 0) is 4.79 Å². The summed E-state index contributed by atoms with van der Waals surface area (Å²) in [5, 5.41) is 2.07. The van der Waals surface area contributed by atoms with Gasteiger partial charge >= 0.3 is 0 Å². The van der Waals surface area contributed by atoms with Crippen molar-refractivity contribution in [3.05, 3.63) is 17.3 Å². The molecule has 2 aliphatic heterocycles. The van der Waals surface area contributed by atoms with E-state index in [9.17, 15) is 4.79 Å². The first-order valence-electron chi connectivity index (χ1n) is 8.89. The Bertz CT molecular complexity index is 771. The number of aromatic nitrogens is 2. The first-order valence-corrected chi connectivity index (χ1v) is 9.77. The van der Waals surface area contributed by atoms with E-state index < -0.39 is 0 Å². The average Bonchev–Trinajstić information content (AvgIpc) is 3.19. The zero-order valence-electron chi connectivity index (χ0n) is 14.4. The Balaban J connectivity index is 1.64. The van der Waals surface area contributed by atoms with Gasteiger partial charge in [0.25, 0.3) is 0 Å². The number of hydrogen-bond acceptors (Lipinski definition) is 5. The van der Waals surface area contributed by atoms with Gasteiger partial charge in [-0.1, -0.05) is 6.92 Å². The van der Waals surface area contributed by atoms with Crippen LogP contribution in [0.2, 0.25) is 0 Å². The van der Waals surface area contributed by atoms with Gasteiger partial charge in [-0.2, -0.15) is 0 Å². The van der Waals surface area contributed by atoms with E-state index in [1.165, 1.54) is 0 Å². The molecule has 1 spiro atoms. The van der Waals surface area contributed by atoms with Crippen molar-refractivity contribution in [2.75, 3.05) is 31.1 Å². The van der Waals surface area contributed by atoms with Gasteiger partial charge < -0.3 is 9.80 Å². The van der Waals surface area contributed by atoms with Crippen molar-refractivity contribution in [3.8, 4) is 0 Å². The molecule has 2 saturated heterocycles. The zero-order valence-corrected chi connectivity index (χ0v) is 15.2. The lowest BCUT2D eigenvalue weighted by Crippen LogP contribution is -2.50. The molecule has 0 saturated carbocycles. The lowest BCUT2D eigenvalue weighted by molar-refractivity contribution is -0.145. The second-order valence-corrected chi connectivity index (χ2v) is 7.99. The van der Waals surface area contributed by atoms with Crippen molar-refractivity contribution in [2.24, 2.45) is 5.41 Å². The molecule has 128 valence electrons. The summed E-state index contributed by atoms with van der Waals surface area (Å²) in [7, 11) is 0. The number of nitrogens with zero attached hydrogens (tertiary/aromatic N) is 4. The monoisotopic (exact) mass is 344 g/mol. The molecule has 5 nitrogen and oxygen atoms in total. The van der Waals surface area contributed by atoms with E-state index >= 15 is 0 Å². The predicted molar refractivity (Wildman–Crippen MR) is 97.5 cm³/mol. The number of hydrogen-bond donors (Lipinski definition) is 0. The second-order valence-electron chi connectivity index (χ2n) is 7.08. The van der Waals surface area contributed by atoms with Crippen LogP contribution in [0.5, 0.6) is 0 Å². The topological polar surface area (TPSA) is 49.3 Å². The number of fused-ring (bicyclic) bond motifs is 1. The molecule has 6 heteroatoms. The van der Waals surface area contributed by atoms with Crippen LogP contribution < -0.4 is 4.90 Å². The standard InChI is InChI=1S/C18H24N4OS/c1-3-8-21-9-4-6-18(17(21)23)7-10-22(12-18)16-15-14(5-11-24-15)19-13(2)20-16/h5,11H,3-4,6-10,12H2,1-2H3. The number of amides is 1. The fraction of sp³-hybridized carbons (Fsp3) is 0.611. The molecular weight excluding hydrogens is 320 g/mol. The third-order valence-electron chi connectivity index (χ3n) is 5.37. The SMILES string of the molecule is CCCN1CCCC2(CCN(c3nc(C)nc4ccsc34)C2)C1=O. The van der Waals surface area contributed by atoms with Gasteiger partial charge in [0.1, 0.15) is 11.6 Å². The number of piperidine rings is 1. The summed E-state index contributed by atoms with van der Waals surface area (Å²) in [4.78, 5) is 26.7.